The molecule has 8 amide bonds. The first-order chi connectivity index (χ1) is 33.2. The van der Waals surface area contributed by atoms with Crippen molar-refractivity contribution in [2.75, 3.05) is 37.7 Å². The zero-order valence-corrected chi connectivity index (χ0v) is 41.7. The number of aliphatic carboxylic acids is 1. The van der Waals surface area contributed by atoms with Gasteiger partial charge in [-0.2, -0.15) is 0 Å². The number of nitrogens with zero attached hydrogens (tertiary/aromatic N) is 4. The summed E-state index contributed by atoms with van der Waals surface area (Å²) >= 11 is 0. The average molecular weight is 1050 g/mol. The number of carboxylic acids is 1. The first kappa shape index (κ1) is 64.0. The van der Waals surface area contributed by atoms with Crippen molar-refractivity contribution in [3.05, 3.63) is 0 Å². The van der Waals surface area contributed by atoms with Gasteiger partial charge in [-0.1, -0.05) is 21.6 Å². The van der Waals surface area contributed by atoms with E-state index in [0.717, 1.165) is 21.6 Å². The van der Waals surface area contributed by atoms with Gasteiger partial charge in [-0.05, 0) is 65.2 Å². The molecule has 0 unspecified atom stereocenters. The molecule has 0 spiro atoms. The number of nitrogens with one attached hydrogen (secondary N) is 7. The molecule has 0 rings (SSSR count). The van der Waals surface area contributed by atoms with Crippen molar-refractivity contribution in [2.45, 2.75) is 120 Å². The van der Waals surface area contributed by atoms with Crippen LogP contribution in [0.4, 0.5) is 0 Å². The van der Waals surface area contributed by atoms with E-state index >= 15 is 0 Å². The summed E-state index contributed by atoms with van der Waals surface area (Å²) in [6.45, 7) is 4.04. The van der Waals surface area contributed by atoms with Crippen molar-refractivity contribution in [1.29, 1.82) is 0 Å². The van der Waals surface area contributed by atoms with Gasteiger partial charge in [0.15, 0.2) is 23.8 Å². The molecule has 0 saturated heterocycles. The summed E-state index contributed by atoms with van der Waals surface area (Å²) in [5, 5.41) is 26.7. The van der Waals surface area contributed by atoms with Crippen LogP contribution in [0.3, 0.4) is 0 Å². The largest absolute Gasteiger partial charge is 0.480 e. The van der Waals surface area contributed by atoms with Crippen LogP contribution in [0.1, 0.15) is 72.1 Å². The van der Waals surface area contributed by atoms with E-state index in [1.807, 2.05) is 0 Å². The van der Waals surface area contributed by atoms with Crippen LogP contribution in [-0.4, -0.2) is 168 Å². The molecule has 0 fully saturated rings. The molecule has 28 N–H and O–H groups in total. The molecule has 31 nitrogen and oxygen atoms in total. The van der Waals surface area contributed by atoms with E-state index in [1.54, 1.807) is 0 Å². The molecule has 8 atom stereocenters. The number of carbonyl (C=O) groups excluding carboxylic acids is 8. The SMILES string of the molecule is CC(=O)N[C@H](CSSC[C@H](N)C(=O)O)C(=O)N[C@H](C)C(=O)N[C@H](CCCN=C(N)N)C(=O)N[C@H](CCCN=C(N)N)C(=O)N[C@H](CCCN=C(N)N)C(=O)N[C@H](C)C(=O)N[C@@H](CCCN=C(N)N)C(N)=O. The molecule has 0 aromatic heterocycles. The van der Waals surface area contributed by atoms with E-state index in [4.69, 9.17) is 62.4 Å². The van der Waals surface area contributed by atoms with Gasteiger partial charge in [-0.3, -0.25) is 63.1 Å². The molecule has 0 aliphatic rings. The minimum Gasteiger partial charge on any atom is -0.480 e. The number of rotatable bonds is 36. The third kappa shape index (κ3) is 30.2. The lowest BCUT2D eigenvalue weighted by molar-refractivity contribution is -0.138. The summed E-state index contributed by atoms with van der Waals surface area (Å²) in [6.07, 6.45) is 0.443. The van der Waals surface area contributed by atoms with Crippen LogP contribution < -0.4 is 94.6 Å². The van der Waals surface area contributed by atoms with Gasteiger partial charge in [0.2, 0.25) is 47.3 Å². The van der Waals surface area contributed by atoms with Crippen LogP contribution >= 0.6 is 21.6 Å². The standard InChI is InChI=1S/C38H73N21O10S2/c1-18(28(62)56-22(27(40)61)8-4-12-49-35(41)42)53-30(64)23(9-5-13-50-36(43)44)58-32(66)25(11-7-15-52-38(47)48)59-31(65)24(10-6-14-51-37(45)46)57-29(63)19(2)54-33(67)26(55-20(3)60)17-71-70-16-21(39)34(68)69/h18-19,21-26H,4-17,39H2,1-3H3,(H2,40,61)(H,53,64)(H,54,67)(H,55,60)(H,56,62)(H,57,63)(H,58,66)(H,59,65)(H,68,69)(H4,41,42,49)(H4,43,44,50)(H4,45,46,51)(H4,47,48,52)/t18-,19-,21+,22+,23-,24-,25-,26-/m1/s1. The number of carbonyl (C=O) groups is 9. The second kappa shape index (κ2) is 35.1. The fraction of sp³-hybridized carbons (Fsp3) is 0.658. The van der Waals surface area contributed by atoms with Gasteiger partial charge in [0.05, 0.1) is 0 Å². The van der Waals surface area contributed by atoms with E-state index in [9.17, 15) is 43.2 Å². The Kier molecular flexibility index (Phi) is 31.6. The predicted octanol–water partition coefficient (Wildman–Crippen LogP) is -8.07. The molecule has 33 heteroatoms. The molecule has 0 aromatic carbocycles. The minimum atomic E-state index is -1.41. The monoisotopic (exact) mass is 1050 g/mol. The van der Waals surface area contributed by atoms with Gasteiger partial charge in [0.1, 0.15) is 48.3 Å². The lowest BCUT2D eigenvalue weighted by atomic mass is 10.0. The van der Waals surface area contributed by atoms with E-state index in [2.05, 4.69) is 57.2 Å². The Morgan fingerprint density at radius 2 is 0.732 bits per heavy atom. The van der Waals surface area contributed by atoms with Crippen molar-refractivity contribution in [3.8, 4) is 0 Å². The van der Waals surface area contributed by atoms with Crippen LogP contribution in [0.25, 0.3) is 0 Å². The molecule has 71 heavy (non-hydrogen) atoms. The number of nitrogens with two attached hydrogens (primary N) is 10. The maximum absolute atomic E-state index is 14.1. The zero-order chi connectivity index (χ0) is 54.2. The van der Waals surface area contributed by atoms with Gasteiger partial charge in [-0.15, -0.1) is 0 Å². The summed E-state index contributed by atoms with van der Waals surface area (Å²) in [4.78, 5) is 133. The van der Waals surface area contributed by atoms with Crippen LogP contribution in [-0.2, 0) is 43.2 Å². The highest BCUT2D eigenvalue weighted by Crippen LogP contribution is 2.23. The highest BCUT2D eigenvalue weighted by Gasteiger charge is 2.32. The number of hydrogen-bond donors (Lipinski definition) is 18. The first-order valence-corrected chi connectivity index (χ1v) is 24.6. The van der Waals surface area contributed by atoms with Crippen LogP contribution in [0.15, 0.2) is 20.0 Å². The summed E-state index contributed by atoms with van der Waals surface area (Å²) < 4.78 is 0. The molecule has 0 aliphatic carbocycles. The smallest absolute Gasteiger partial charge is 0.321 e. The Morgan fingerprint density at radius 1 is 0.437 bits per heavy atom. The van der Waals surface area contributed by atoms with Crippen molar-refractivity contribution >= 4 is 98.7 Å². The van der Waals surface area contributed by atoms with Crippen LogP contribution in [0.2, 0.25) is 0 Å². The number of guanidine groups is 4. The molecule has 0 aliphatic heterocycles. The van der Waals surface area contributed by atoms with Gasteiger partial charge in [0, 0.05) is 44.6 Å². The quantitative estimate of drug-likeness (QED) is 0.0120. The average Bonchev–Trinajstić information content (AvgIpc) is 3.27. The Labute approximate surface area is 418 Å². The second-order valence-corrected chi connectivity index (χ2v) is 18.2. The second-order valence-electron chi connectivity index (χ2n) is 15.7. The third-order valence-electron chi connectivity index (χ3n) is 9.42. The van der Waals surface area contributed by atoms with E-state index < -0.39 is 102 Å². The van der Waals surface area contributed by atoms with E-state index in [0.29, 0.717) is 0 Å². The maximum atomic E-state index is 14.1. The number of primary amides is 1. The molecule has 0 bridgehead atoms. The fourth-order valence-electron chi connectivity index (χ4n) is 5.74. The molecular formula is C38H73N21O10S2. The Balaban J connectivity index is 6.54. The van der Waals surface area contributed by atoms with E-state index in [-0.39, 0.29) is 113 Å². The fourth-order valence-corrected chi connectivity index (χ4v) is 8.02. The number of aliphatic imine (C=N–C) groups is 4. The summed E-state index contributed by atoms with van der Waals surface area (Å²) in [5.41, 5.74) is 54.4. The topological polar surface area (TPSA) is 568 Å². The van der Waals surface area contributed by atoms with Gasteiger partial charge in [0.25, 0.3) is 0 Å². The Hall–Kier alpha value is -7.03. The number of hydrogen-bond acceptors (Lipinski definition) is 16. The summed E-state index contributed by atoms with van der Waals surface area (Å²) in [6, 6.07) is -10.2. The van der Waals surface area contributed by atoms with Crippen LogP contribution in [0.5, 0.6) is 0 Å². The van der Waals surface area contributed by atoms with Gasteiger partial charge in [-0.25, -0.2) is 0 Å². The molecule has 402 valence electrons. The maximum Gasteiger partial charge on any atom is 0.321 e. The van der Waals surface area contributed by atoms with Crippen molar-refractivity contribution in [1.82, 2.24) is 37.2 Å². The minimum absolute atomic E-state index is 0.00144. The molecular weight excluding hydrogens is 975 g/mol. The molecule has 0 heterocycles. The highest BCUT2D eigenvalue weighted by atomic mass is 33.1. The molecule has 0 radical (unpaired) electrons. The normalized spacial score (nSPS) is 14.0. The first-order valence-electron chi connectivity index (χ1n) is 22.1. The summed E-state index contributed by atoms with van der Waals surface area (Å²) in [5.74, 6) is -8.58. The van der Waals surface area contributed by atoms with E-state index in [1.165, 1.54) is 20.8 Å². The number of carboxylic acid groups (broad SMARTS) is 1. The van der Waals surface area contributed by atoms with Crippen molar-refractivity contribution in [3.63, 3.8) is 0 Å². The Bertz CT molecular complexity index is 1910. The number of amides is 8. The van der Waals surface area contributed by atoms with Crippen LogP contribution in [0, 0.1) is 0 Å². The predicted molar refractivity (Wildman–Crippen MR) is 270 cm³/mol. The molecule has 0 aromatic rings. The van der Waals surface area contributed by atoms with Crippen molar-refractivity contribution < 1.29 is 48.3 Å². The van der Waals surface area contributed by atoms with Crippen molar-refractivity contribution in [2.24, 2.45) is 77.3 Å². The van der Waals surface area contributed by atoms with Gasteiger partial charge < -0.3 is 99.7 Å². The van der Waals surface area contributed by atoms with Gasteiger partial charge >= 0.3 is 5.97 Å². The third-order valence-corrected chi connectivity index (χ3v) is 11.9. The Morgan fingerprint density at radius 3 is 1.06 bits per heavy atom. The summed E-state index contributed by atoms with van der Waals surface area (Å²) in [7, 11) is 2.12. The molecule has 0 saturated carbocycles. The lowest BCUT2D eigenvalue weighted by Crippen LogP contribution is -2.59. The highest BCUT2D eigenvalue weighted by molar-refractivity contribution is 8.76. The lowest BCUT2D eigenvalue weighted by Gasteiger charge is -2.27. The zero-order valence-electron chi connectivity index (χ0n) is 40.0.